The van der Waals surface area contributed by atoms with Crippen molar-refractivity contribution in [1.82, 2.24) is 9.55 Å². The molecule has 6 atom stereocenters. The van der Waals surface area contributed by atoms with Gasteiger partial charge in [-0.3, -0.25) is 4.57 Å². The highest BCUT2D eigenvalue weighted by molar-refractivity contribution is 5.37. The maximum absolute atomic E-state index is 14.3. The van der Waals surface area contributed by atoms with Gasteiger partial charge in [-0.2, -0.15) is 4.98 Å². The predicted octanol–water partition coefficient (Wildman–Crippen LogP) is -1.11. The Hall–Kier alpha value is -1.58. The molecule has 2 heterocycles. The Morgan fingerprint density at radius 3 is 2.80 bits per heavy atom. The van der Waals surface area contributed by atoms with E-state index in [0.29, 0.717) is 0 Å². The van der Waals surface area contributed by atoms with Crippen molar-refractivity contribution in [3.05, 3.63) is 22.7 Å². The standard InChI is InChI=1S/C11H13F2N3O4/c1-4(12)11-8(17)10(11,19)6(13)7(20-11)16-3-2-5(14)15-9(16)18/h2-4,6-8,17,19H,1H3,(H2,14,15,18)/t4-,6-,7+,8?,10+,11+/m0/s1. The van der Waals surface area contributed by atoms with Gasteiger partial charge in [-0.15, -0.1) is 0 Å². The first kappa shape index (κ1) is 13.4. The molecule has 1 aliphatic carbocycles. The third-order valence-electron chi connectivity index (χ3n) is 4.07. The van der Waals surface area contributed by atoms with Crippen LogP contribution < -0.4 is 11.4 Å². The molecule has 0 amide bonds. The summed E-state index contributed by atoms with van der Waals surface area (Å²) in [6, 6.07) is 1.24. The van der Waals surface area contributed by atoms with Crippen LogP contribution in [0.4, 0.5) is 14.6 Å². The Labute approximate surface area is 111 Å². The van der Waals surface area contributed by atoms with E-state index in [1.54, 1.807) is 0 Å². The van der Waals surface area contributed by atoms with Crippen molar-refractivity contribution in [2.75, 3.05) is 5.73 Å². The topological polar surface area (TPSA) is 111 Å². The minimum Gasteiger partial charge on any atom is -0.387 e. The molecule has 7 nitrogen and oxygen atoms in total. The van der Waals surface area contributed by atoms with Crippen molar-refractivity contribution >= 4 is 5.82 Å². The number of anilines is 1. The molecule has 0 radical (unpaired) electrons. The number of nitrogen functional groups attached to an aromatic ring is 1. The Balaban J connectivity index is 2.02. The lowest BCUT2D eigenvalue weighted by Crippen LogP contribution is -2.38. The SMILES string of the molecule is C[C@H](F)[C@]12O[C@@H](n3ccc(N)nc3=O)[C@H](F)[C@@]1(O)C2O. The van der Waals surface area contributed by atoms with Gasteiger partial charge < -0.3 is 20.7 Å². The van der Waals surface area contributed by atoms with E-state index >= 15 is 0 Å². The Morgan fingerprint density at radius 1 is 1.65 bits per heavy atom. The van der Waals surface area contributed by atoms with Crippen LogP contribution in [0, 0.1) is 0 Å². The van der Waals surface area contributed by atoms with Crippen LogP contribution in [0.1, 0.15) is 13.2 Å². The molecule has 1 unspecified atom stereocenters. The maximum atomic E-state index is 14.3. The molecule has 9 heteroatoms. The molecule has 0 aromatic carbocycles. The van der Waals surface area contributed by atoms with Crippen LogP contribution in [0.3, 0.4) is 0 Å². The molecule has 1 saturated carbocycles. The normalized spacial score (nSPS) is 44.1. The number of ether oxygens (including phenoxy) is 1. The van der Waals surface area contributed by atoms with Gasteiger partial charge in [-0.1, -0.05) is 0 Å². The fourth-order valence-corrected chi connectivity index (χ4v) is 2.91. The number of fused-ring (bicyclic) bond motifs is 1. The minimum atomic E-state index is -2.37. The smallest absolute Gasteiger partial charge is 0.351 e. The highest BCUT2D eigenvalue weighted by atomic mass is 19.1. The summed E-state index contributed by atoms with van der Waals surface area (Å²) in [6.07, 6.45) is -6.10. The molecule has 1 aromatic heterocycles. The van der Waals surface area contributed by atoms with E-state index in [4.69, 9.17) is 10.5 Å². The molecule has 4 N–H and O–H groups in total. The molecule has 2 aliphatic rings. The summed E-state index contributed by atoms with van der Waals surface area (Å²) in [6.45, 7) is 1.04. The van der Waals surface area contributed by atoms with Gasteiger partial charge in [0.2, 0.25) is 0 Å². The number of hydrogen-bond donors (Lipinski definition) is 3. The first-order valence-electron chi connectivity index (χ1n) is 5.98. The summed E-state index contributed by atoms with van der Waals surface area (Å²) in [4.78, 5) is 15.0. The van der Waals surface area contributed by atoms with E-state index in [1.165, 1.54) is 6.07 Å². The molecule has 3 rings (SSSR count). The zero-order chi connectivity index (χ0) is 14.9. The minimum absolute atomic E-state index is 0.0582. The van der Waals surface area contributed by atoms with Crippen LogP contribution in [0.2, 0.25) is 0 Å². The highest BCUT2D eigenvalue weighted by Gasteiger charge is 2.90. The monoisotopic (exact) mass is 289 g/mol. The molecule has 2 fully saturated rings. The molecule has 1 aliphatic heterocycles. The van der Waals surface area contributed by atoms with Gasteiger partial charge in [0.05, 0.1) is 0 Å². The van der Waals surface area contributed by atoms with Crippen LogP contribution in [-0.4, -0.2) is 49.4 Å². The number of rotatable bonds is 2. The van der Waals surface area contributed by atoms with Crippen molar-refractivity contribution in [3.63, 3.8) is 0 Å². The number of halogens is 2. The summed E-state index contributed by atoms with van der Waals surface area (Å²) in [5, 5.41) is 19.7. The van der Waals surface area contributed by atoms with Crippen molar-refractivity contribution in [2.24, 2.45) is 0 Å². The number of nitrogens with zero attached hydrogens (tertiary/aromatic N) is 2. The zero-order valence-electron chi connectivity index (χ0n) is 10.4. The van der Waals surface area contributed by atoms with Gasteiger partial charge in [0.25, 0.3) is 0 Å². The Morgan fingerprint density at radius 2 is 2.30 bits per heavy atom. The number of nitrogens with two attached hydrogens (primary N) is 1. The van der Waals surface area contributed by atoms with Crippen LogP contribution in [0.25, 0.3) is 0 Å². The Bertz CT molecular complexity index is 624. The van der Waals surface area contributed by atoms with Crippen LogP contribution >= 0.6 is 0 Å². The van der Waals surface area contributed by atoms with Crippen LogP contribution in [0.15, 0.2) is 17.1 Å². The second-order valence-corrected chi connectivity index (χ2v) is 5.09. The molecule has 1 aromatic rings. The maximum Gasteiger partial charge on any atom is 0.351 e. The molecule has 110 valence electrons. The molecule has 0 bridgehead atoms. The van der Waals surface area contributed by atoms with Gasteiger partial charge in [-0.25, -0.2) is 13.6 Å². The summed E-state index contributed by atoms with van der Waals surface area (Å²) in [5.41, 5.74) is -0.00532. The van der Waals surface area contributed by atoms with E-state index in [2.05, 4.69) is 4.98 Å². The average Bonchev–Trinajstić information content (AvgIpc) is 2.73. The van der Waals surface area contributed by atoms with Crippen molar-refractivity contribution in [1.29, 1.82) is 0 Å². The third-order valence-corrected chi connectivity index (χ3v) is 4.07. The van der Waals surface area contributed by atoms with E-state index in [1.807, 2.05) is 0 Å². The molecule has 1 saturated heterocycles. The zero-order valence-corrected chi connectivity index (χ0v) is 10.4. The quantitative estimate of drug-likeness (QED) is 0.637. The van der Waals surface area contributed by atoms with E-state index < -0.39 is 41.6 Å². The number of alkyl halides is 2. The summed E-state index contributed by atoms with van der Waals surface area (Å²) in [7, 11) is 0. The van der Waals surface area contributed by atoms with Gasteiger partial charge in [-0.05, 0) is 13.0 Å². The largest absolute Gasteiger partial charge is 0.387 e. The number of aliphatic hydroxyl groups is 2. The Kier molecular flexibility index (Phi) is 2.51. The van der Waals surface area contributed by atoms with E-state index in [-0.39, 0.29) is 5.82 Å². The van der Waals surface area contributed by atoms with E-state index in [0.717, 1.165) is 17.7 Å². The highest BCUT2D eigenvalue weighted by Crippen LogP contribution is 2.65. The lowest BCUT2D eigenvalue weighted by atomic mass is 10.1. The third kappa shape index (κ3) is 1.27. The van der Waals surface area contributed by atoms with Crippen LogP contribution in [0.5, 0.6) is 0 Å². The van der Waals surface area contributed by atoms with Crippen LogP contribution in [-0.2, 0) is 4.74 Å². The van der Waals surface area contributed by atoms with Crippen molar-refractivity contribution in [3.8, 4) is 0 Å². The van der Waals surface area contributed by atoms with Gasteiger partial charge >= 0.3 is 5.69 Å². The summed E-state index contributed by atoms with van der Waals surface area (Å²) >= 11 is 0. The van der Waals surface area contributed by atoms with E-state index in [9.17, 15) is 23.8 Å². The average molecular weight is 289 g/mol. The fourth-order valence-electron chi connectivity index (χ4n) is 2.91. The first-order chi connectivity index (χ1) is 9.26. The van der Waals surface area contributed by atoms with Crippen molar-refractivity contribution < 1.29 is 23.7 Å². The van der Waals surface area contributed by atoms with Gasteiger partial charge in [0.15, 0.2) is 23.6 Å². The summed E-state index contributed by atoms with van der Waals surface area (Å²) < 4.78 is 33.8. The molecule has 20 heavy (non-hydrogen) atoms. The predicted molar refractivity (Wildman–Crippen MR) is 62.2 cm³/mol. The first-order valence-corrected chi connectivity index (χ1v) is 5.98. The van der Waals surface area contributed by atoms with Gasteiger partial charge in [0, 0.05) is 6.20 Å². The molecule has 0 spiro atoms. The fraction of sp³-hybridized carbons (Fsp3) is 0.636. The summed E-state index contributed by atoms with van der Waals surface area (Å²) in [5.74, 6) is -0.0582. The molecular weight excluding hydrogens is 276 g/mol. The lowest BCUT2D eigenvalue weighted by Gasteiger charge is -2.22. The number of aromatic nitrogens is 2. The number of hydrogen-bond acceptors (Lipinski definition) is 6. The lowest BCUT2D eigenvalue weighted by molar-refractivity contribution is -0.113. The van der Waals surface area contributed by atoms with Gasteiger partial charge in [0.1, 0.15) is 18.1 Å². The second-order valence-electron chi connectivity index (χ2n) is 5.09. The molecular formula is C11H13F2N3O4. The second kappa shape index (κ2) is 3.74. The number of aliphatic hydroxyl groups excluding tert-OH is 1. The van der Waals surface area contributed by atoms with Crippen molar-refractivity contribution in [2.45, 2.75) is 42.8 Å².